The number of rotatable bonds is 6. The Balaban J connectivity index is 1.29. The zero-order chi connectivity index (χ0) is 22.9. The molecule has 0 atom stereocenters. The minimum Gasteiger partial charge on any atom is -0.461 e. The lowest BCUT2D eigenvalue weighted by molar-refractivity contribution is -0.145. The number of esters is 1. The van der Waals surface area contributed by atoms with Crippen molar-refractivity contribution in [2.75, 3.05) is 0 Å². The third kappa shape index (κ3) is 4.23. The van der Waals surface area contributed by atoms with E-state index >= 15 is 0 Å². The molecule has 5 rings (SSSR count). The van der Waals surface area contributed by atoms with Crippen molar-refractivity contribution in [2.45, 2.75) is 58.6 Å². The lowest BCUT2D eigenvalue weighted by Crippen LogP contribution is -2.23. The monoisotopic (exact) mass is 464 g/mol. The van der Waals surface area contributed by atoms with Gasteiger partial charge in [-0.15, -0.1) is 11.3 Å². The minimum atomic E-state index is -0.480. The van der Waals surface area contributed by atoms with Crippen LogP contribution >= 0.6 is 11.3 Å². The van der Waals surface area contributed by atoms with Crippen molar-refractivity contribution in [3.05, 3.63) is 72.9 Å². The largest absolute Gasteiger partial charge is 0.461 e. The molecule has 33 heavy (non-hydrogen) atoms. The molecule has 1 aliphatic carbocycles. The number of carbonyl (C=O) groups excluding carboxylic acids is 1. The number of hydrogen-bond acceptors (Lipinski definition) is 7. The Morgan fingerprint density at radius 2 is 2.06 bits per heavy atom. The van der Waals surface area contributed by atoms with Crippen LogP contribution in [0.2, 0.25) is 0 Å². The fourth-order valence-electron chi connectivity index (χ4n) is 4.40. The number of thiophene rings is 1. The van der Waals surface area contributed by atoms with Crippen molar-refractivity contribution in [1.82, 2.24) is 9.55 Å². The van der Waals surface area contributed by atoms with Gasteiger partial charge in [0.25, 0.3) is 5.56 Å². The summed E-state index contributed by atoms with van der Waals surface area (Å²) in [4.78, 5) is 43.9. The molecule has 1 aliphatic rings. The van der Waals surface area contributed by atoms with Gasteiger partial charge < -0.3 is 9.15 Å². The van der Waals surface area contributed by atoms with Gasteiger partial charge in [-0.3, -0.25) is 14.2 Å². The van der Waals surface area contributed by atoms with Crippen LogP contribution in [0.1, 0.15) is 47.8 Å². The Kier molecular flexibility index (Phi) is 5.85. The molecule has 170 valence electrons. The predicted molar refractivity (Wildman–Crippen MR) is 127 cm³/mol. The van der Waals surface area contributed by atoms with Gasteiger partial charge in [0, 0.05) is 28.4 Å². The highest BCUT2D eigenvalue weighted by Gasteiger charge is 2.20. The number of benzene rings is 1. The first-order valence-electron chi connectivity index (χ1n) is 11.2. The van der Waals surface area contributed by atoms with Crippen LogP contribution in [-0.2, 0) is 41.9 Å². The molecule has 0 bridgehead atoms. The van der Waals surface area contributed by atoms with Gasteiger partial charge in [-0.2, -0.15) is 0 Å². The molecule has 0 spiro atoms. The van der Waals surface area contributed by atoms with Gasteiger partial charge >= 0.3 is 11.6 Å². The Labute approximate surface area is 193 Å². The number of ether oxygens (including phenoxy) is 1. The van der Waals surface area contributed by atoms with E-state index in [1.165, 1.54) is 21.8 Å². The van der Waals surface area contributed by atoms with E-state index in [0.717, 1.165) is 53.4 Å². The van der Waals surface area contributed by atoms with Crippen molar-refractivity contribution in [1.29, 1.82) is 0 Å². The van der Waals surface area contributed by atoms with Gasteiger partial charge in [-0.05, 0) is 49.3 Å². The maximum atomic E-state index is 13.0. The Morgan fingerprint density at radius 1 is 1.21 bits per heavy atom. The van der Waals surface area contributed by atoms with E-state index in [0.29, 0.717) is 16.5 Å². The number of fused-ring (bicyclic) bond motifs is 4. The first-order chi connectivity index (χ1) is 16.0. The summed E-state index contributed by atoms with van der Waals surface area (Å²) in [7, 11) is 0. The molecule has 8 heteroatoms. The van der Waals surface area contributed by atoms with Gasteiger partial charge in [-0.1, -0.05) is 19.1 Å². The van der Waals surface area contributed by atoms with Crippen LogP contribution < -0.4 is 11.2 Å². The Bertz CT molecular complexity index is 1480. The van der Waals surface area contributed by atoms with Crippen LogP contribution in [0, 0.1) is 0 Å². The summed E-state index contributed by atoms with van der Waals surface area (Å²) >= 11 is 1.61. The predicted octanol–water partition coefficient (Wildman–Crippen LogP) is 4.14. The summed E-state index contributed by atoms with van der Waals surface area (Å²) in [5, 5.41) is 1.45. The summed E-state index contributed by atoms with van der Waals surface area (Å²) in [6.07, 6.45) is 6.54. The summed E-state index contributed by atoms with van der Waals surface area (Å²) in [5.74, 6) is -0.444. The summed E-state index contributed by atoms with van der Waals surface area (Å²) < 4.78 is 12.2. The fraction of sp³-hybridized carbons (Fsp3) is 0.360. The molecule has 3 aromatic heterocycles. The topological polar surface area (TPSA) is 91.4 Å². The smallest absolute Gasteiger partial charge is 0.336 e. The van der Waals surface area contributed by atoms with Crippen molar-refractivity contribution in [3.63, 3.8) is 0 Å². The second kappa shape index (κ2) is 8.94. The number of aryl methyl sites for hydroxylation is 4. The lowest BCUT2D eigenvalue weighted by atomic mass is 9.97. The Morgan fingerprint density at radius 3 is 2.91 bits per heavy atom. The first kappa shape index (κ1) is 21.6. The van der Waals surface area contributed by atoms with E-state index in [2.05, 4.69) is 4.98 Å². The second-order valence-corrected chi connectivity index (χ2v) is 9.40. The van der Waals surface area contributed by atoms with Crippen molar-refractivity contribution < 1.29 is 13.9 Å². The van der Waals surface area contributed by atoms with Crippen LogP contribution in [0.25, 0.3) is 21.2 Å². The minimum absolute atomic E-state index is 0.0311. The average molecular weight is 465 g/mol. The van der Waals surface area contributed by atoms with E-state index in [1.54, 1.807) is 11.3 Å². The standard InChI is InChI=1S/C25H24N2O5S/c1-2-15-7-8-17-16(12-22(29)32-19(17)11-15)13-31-21(28)9-10-27-14-26-24-23(25(27)30)18-5-3-4-6-20(18)33-24/h7-8,11-12,14H,2-6,9-10,13H2,1H3. The first-order valence-corrected chi connectivity index (χ1v) is 12.1. The second-order valence-electron chi connectivity index (χ2n) is 8.32. The molecule has 1 aromatic carbocycles. The molecule has 0 N–H and O–H groups in total. The lowest BCUT2D eigenvalue weighted by Gasteiger charge is -2.11. The molecule has 0 amide bonds. The summed E-state index contributed by atoms with van der Waals surface area (Å²) in [6, 6.07) is 7.03. The van der Waals surface area contributed by atoms with Gasteiger partial charge in [-0.25, -0.2) is 9.78 Å². The quantitative estimate of drug-likeness (QED) is 0.315. The number of hydrogen-bond donors (Lipinski definition) is 0. The van der Waals surface area contributed by atoms with E-state index < -0.39 is 11.6 Å². The van der Waals surface area contributed by atoms with Gasteiger partial charge in [0.1, 0.15) is 17.0 Å². The highest BCUT2D eigenvalue weighted by Crippen LogP contribution is 2.33. The highest BCUT2D eigenvalue weighted by molar-refractivity contribution is 7.18. The van der Waals surface area contributed by atoms with Crippen LogP contribution in [0.3, 0.4) is 0 Å². The van der Waals surface area contributed by atoms with Crippen LogP contribution in [0.15, 0.2) is 44.6 Å². The molecule has 4 aromatic rings. The maximum Gasteiger partial charge on any atom is 0.336 e. The summed E-state index contributed by atoms with van der Waals surface area (Å²) in [6.45, 7) is 2.19. The average Bonchev–Trinajstić information content (AvgIpc) is 3.21. The molecule has 0 saturated carbocycles. The van der Waals surface area contributed by atoms with E-state index in [9.17, 15) is 14.4 Å². The number of carbonyl (C=O) groups is 1. The highest BCUT2D eigenvalue weighted by atomic mass is 32.1. The van der Waals surface area contributed by atoms with Gasteiger partial charge in [0.05, 0.1) is 18.1 Å². The molecule has 0 fully saturated rings. The third-order valence-corrected chi connectivity index (χ3v) is 7.39. The third-order valence-electron chi connectivity index (χ3n) is 6.19. The molecular formula is C25H24N2O5S. The van der Waals surface area contributed by atoms with Crippen LogP contribution in [0.5, 0.6) is 0 Å². The normalized spacial score (nSPS) is 13.4. The molecule has 0 radical (unpaired) electrons. The molecule has 0 unspecified atom stereocenters. The Hall–Kier alpha value is -3.26. The van der Waals surface area contributed by atoms with Crippen LogP contribution in [0.4, 0.5) is 0 Å². The zero-order valence-corrected chi connectivity index (χ0v) is 19.2. The maximum absolute atomic E-state index is 13.0. The summed E-state index contributed by atoms with van der Waals surface area (Å²) in [5.41, 5.74) is 2.71. The van der Waals surface area contributed by atoms with Crippen LogP contribution in [-0.4, -0.2) is 15.5 Å². The molecule has 7 nitrogen and oxygen atoms in total. The molecule has 0 aliphatic heterocycles. The van der Waals surface area contributed by atoms with Crippen molar-refractivity contribution >= 4 is 38.5 Å². The zero-order valence-electron chi connectivity index (χ0n) is 18.4. The van der Waals surface area contributed by atoms with E-state index in [1.807, 2.05) is 25.1 Å². The number of aromatic nitrogens is 2. The SMILES string of the molecule is CCc1ccc2c(COC(=O)CCn3cnc4sc5c(c4c3=O)CCCC5)cc(=O)oc2c1. The van der Waals surface area contributed by atoms with Gasteiger partial charge in [0.15, 0.2) is 0 Å². The molecular weight excluding hydrogens is 440 g/mol. The number of nitrogens with zero attached hydrogens (tertiary/aromatic N) is 2. The van der Waals surface area contributed by atoms with E-state index in [4.69, 9.17) is 9.15 Å². The van der Waals surface area contributed by atoms with Crippen molar-refractivity contribution in [2.24, 2.45) is 0 Å². The van der Waals surface area contributed by atoms with Crippen molar-refractivity contribution in [3.8, 4) is 0 Å². The molecule has 3 heterocycles. The fourth-order valence-corrected chi connectivity index (χ4v) is 5.62. The van der Waals surface area contributed by atoms with E-state index in [-0.39, 0.29) is 25.1 Å². The molecule has 0 saturated heterocycles. The van der Waals surface area contributed by atoms with Gasteiger partial charge in [0.2, 0.25) is 0 Å².